The number of nitrogens with one attached hydrogen (secondary N) is 2. The number of carbonyl (C=O) groups is 4. The van der Waals surface area contributed by atoms with Gasteiger partial charge < -0.3 is 23.8 Å². The number of β-lactam (4-membered cyclic amide) rings is 1. The molecule has 1 aliphatic carbocycles. The summed E-state index contributed by atoms with van der Waals surface area (Å²) >= 11 is 2.02. The number of oxime groups is 1. The molecule has 15 nitrogen and oxygen atoms in total. The Morgan fingerprint density at radius 3 is 2.20 bits per heavy atom. The average molecular weight is 798 g/mol. The van der Waals surface area contributed by atoms with E-state index in [1.165, 1.54) is 5.38 Å². The standard InChI is InChI=1S/C36H39N5O10S3/c1-36(2,3)49-35(45)39-34-37-24(20-52-34)27(40-50-23-17-11-12-18-23)31(43)38-32-30(51-54(4,46)47)28(41-25(42)19-26(41)53-32)33(44)48-29(21-13-7-5-8-14-21)22-15-9-6-10-16-22/h5-10,13-16,20,23,26,29,32H,11-12,17-19H2,1-4H3,(H,38,43)(H,37,39,45)/b40-27-/t26-,32?/m1/s1. The minimum atomic E-state index is -4.33. The van der Waals surface area contributed by atoms with Gasteiger partial charge in [-0.15, -0.1) is 23.1 Å². The van der Waals surface area contributed by atoms with Crippen LogP contribution in [0.4, 0.5) is 9.93 Å². The number of anilines is 1. The maximum atomic E-state index is 14.2. The smallest absolute Gasteiger partial charge is 0.413 e. The molecule has 1 unspecified atom stereocenters. The molecule has 6 rings (SSSR count). The number of fused-ring (bicyclic) bond motifs is 1. The highest BCUT2D eigenvalue weighted by Crippen LogP contribution is 2.45. The van der Waals surface area contributed by atoms with Gasteiger partial charge in [-0.3, -0.25) is 19.8 Å². The molecule has 2 aromatic carbocycles. The quantitative estimate of drug-likeness (QED) is 0.0779. The summed E-state index contributed by atoms with van der Waals surface area (Å²) < 4.78 is 42.2. The van der Waals surface area contributed by atoms with Crippen LogP contribution in [-0.2, 0) is 43.0 Å². The summed E-state index contributed by atoms with van der Waals surface area (Å²) in [4.78, 5) is 65.0. The van der Waals surface area contributed by atoms with Crippen molar-refractivity contribution in [3.8, 4) is 0 Å². The zero-order valence-electron chi connectivity index (χ0n) is 29.8. The molecule has 2 atom stereocenters. The Kier molecular flexibility index (Phi) is 11.6. The molecule has 3 heterocycles. The van der Waals surface area contributed by atoms with Crippen LogP contribution in [0.3, 0.4) is 0 Å². The largest absolute Gasteiger partial charge is 0.448 e. The van der Waals surface area contributed by atoms with Crippen molar-refractivity contribution in [2.45, 2.75) is 81.4 Å². The molecule has 3 aromatic rings. The zero-order valence-corrected chi connectivity index (χ0v) is 32.3. The molecule has 0 spiro atoms. The van der Waals surface area contributed by atoms with E-state index in [0.717, 1.165) is 59.9 Å². The van der Waals surface area contributed by atoms with E-state index in [-0.39, 0.29) is 29.1 Å². The lowest BCUT2D eigenvalue weighted by Gasteiger charge is -2.46. The predicted molar refractivity (Wildman–Crippen MR) is 200 cm³/mol. The van der Waals surface area contributed by atoms with Gasteiger partial charge in [-0.05, 0) is 57.6 Å². The summed E-state index contributed by atoms with van der Waals surface area (Å²) in [7, 11) is -4.33. The van der Waals surface area contributed by atoms with Crippen LogP contribution in [-0.4, -0.2) is 76.6 Å². The molecule has 0 radical (unpaired) electrons. The van der Waals surface area contributed by atoms with Gasteiger partial charge in [-0.2, -0.15) is 8.42 Å². The number of benzene rings is 2. The molecule has 3 amide bonds. The fraction of sp³-hybridized carbons (Fsp3) is 0.389. The van der Waals surface area contributed by atoms with Gasteiger partial charge in [-0.25, -0.2) is 14.6 Å². The first-order valence-corrected chi connectivity index (χ1v) is 20.7. The van der Waals surface area contributed by atoms with Crippen LogP contribution in [0.5, 0.6) is 0 Å². The SMILES string of the molecule is CC(C)(C)OC(=O)Nc1nc(/C(=N/OC2CCCC2)C(=O)NC2S[C@@H]3CC(=O)N3C(C(=O)OC(c3ccccc3)c3ccccc3)=C2OS(C)(=O)=O)cs1. The minimum absolute atomic E-state index is 0.00170. The van der Waals surface area contributed by atoms with E-state index >= 15 is 0 Å². The number of amides is 3. The van der Waals surface area contributed by atoms with Gasteiger partial charge in [0, 0.05) is 5.38 Å². The topological polar surface area (TPSA) is 192 Å². The lowest BCUT2D eigenvalue weighted by Crippen LogP contribution is -2.58. The predicted octanol–water partition coefficient (Wildman–Crippen LogP) is 5.42. The third-order valence-corrected chi connectivity index (χ3v) is 10.7. The van der Waals surface area contributed by atoms with Gasteiger partial charge in [0.1, 0.15) is 22.8 Å². The fourth-order valence-electron chi connectivity index (χ4n) is 5.86. The highest BCUT2D eigenvalue weighted by atomic mass is 32.2. The van der Waals surface area contributed by atoms with Crippen LogP contribution in [0, 0.1) is 0 Å². The van der Waals surface area contributed by atoms with E-state index in [0.29, 0.717) is 11.1 Å². The van der Waals surface area contributed by atoms with Crippen LogP contribution in [0.1, 0.15) is 75.8 Å². The number of rotatable bonds is 12. The van der Waals surface area contributed by atoms with Gasteiger partial charge in [0.25, 0.3) is 5.91 Å². The number of aromatic nitrogens is 1. The van der Waals surface area contributed by atoms with E-state index in [1.807, 2.05) is 12.1 Å². The molecule has 1 saturated carbocycles. The summed E-state index contributed by atoms with van der Waals surface area (Å²) in [6.07, 6.45) is 2.19. The molecule has 286 valence electrons. The maximum absolute atomic E-state index is 14.2. The van der Waals surface area contributed by atoms with E-state index in [9.17, 15) is 27.6 Å². The Hall–Kier alpha value is -4.94. The molecule has 54 heavy (non-hydrogen) atoms. The second kappa shape index (κ2) is 16.2. The van der Waals surface area contributed by atoms with Gasteiger partial charge in [0.15, 0.2) is 28.4 Å². The second-order valence-corrected chi connectivity index (χ2v) is 17.4. The molecule has 3 aliphatic rings. The Bertz CT molecular complexity index is 2020. The van der Waals surface area contributed by atoms with E-state index in [2.05, 4.69) is 20.8 Å². The number of carbonyl (C=O) groups excluding carboxylic acids is 4. The first-order chi connectivity index (χ1) is 25.6. The highest BCUT2D eigenvalue weighted by Gasteiger charge is 2.52. The summed E-state index contributed by atoms with van der Waals surface area (Å²) in [5, 5.41) is 9.06. The van der Waals surface area contributed by atoms with Crippen molar-refractivity contribution in [1.29, 1.82) is 0 Å². The number of ether oxygens (including phenoxy) is 2. The van der Waals surface area contributed by atoms with Crippen LogP contribution in [0.2, 0.25) is 0 Å². The van der Waals surface area contributed by atoms with Gasteiger partial charge in [0.2, 0.25) is 5.91 Å². The molecule has 0 bridgehead atoms. The van der Waals surface area contributed by atoms with Crippen molar-refractivity contribution in [2.24, 2.45) is 5.16 Å². The van der Waals surface area contributed by atoms with Gasteiger partial charge in [-0.1, -0.05) is 65.8 Å². The van der Waals surface area contributed by atoms with Crippen LogP contribution < -0.4 is 10.6 Å². The number of hydrogen-bond acceptors (Lipinski definition) is 14. The Morgan fingerprint density at radius 2 is 1.63 bits per heavy atom. The van der Waals surface area contributed by atoms with Crippen molar-refractivity contribution in [1.82, 2.24) is 15.2 Å². The molecular weight excluding hydrogens is 759 g/mol. The second-order valence-electron chi connectivity index (χ2n) is 13.6. The molecule has 1 saturated heterocycles. The summed E-state index contributed by atoms with van der Waals surface area (Å²) in [5.41, 5.74) is -0.211. The number of hydrogen-bond donors (Lipinski definition) is 2. The summed E-state index contributed by atoms with van der Waals surface area (Å²) in [6.45, 7) is 5.14. The lowest BCUT2D eigenvalue weighted by molar-refractivity contribution is -0.152. The number of thiazole rings is 1. The molecule has 2 N–H and O–H groups in total. The van der Waals surface area contributed by atoms with Crippen molar-refractivity contribution >= 4 is 67.9 Å². The van der Waals surface area contributed by atoms with Gasteiger partial charge in [0.05, 0.1) is 18.1 Å². The van der Waals surface area contributed by atoms with Gasteiger partial charge >= 0.3 is 22.2 Å². The Balaban J connectivity index is 1.34. The summed E-state index contributed by atoms with van der Waals surface area (Å²) in [5.74, 6) is -2.88. The summed E-state index contributed by atoms with van der Waals surface area (Å²) in [6, 6.07) is 17.8. The third-order valence-electron chi connectivity index (χ3n) is 8.20. The van der Waals surface area contributed by atoms with Crippen LogP contribution in [0.15, 0.2) is 82.7 Å². The van der Waals surface area contributed by atoms with Crippen molar-refractivity contribution < 1.29 is 46.1 Å². The van der Waals surface area contributed by atoms with E-state index in [1.54, 1.807) is 69.3 Å². The molecule has 18 heteroatoms. The number of thioether (sulfide) groups is 1. The zero-order chi connectivity index (χ0) is 38.6. The van der Waals surface area contributed by atoms with Crippen molar-refractivity contribution in [3.05, 3.63) is 94.3 Å². The molecular formula is C36H39N5O10S3. The maximum Gasteiger partial charge on any atom is 0.413 e. The minimum Gasteiger partial charge on any atom is -0.448 e. The Labute approximate surface area is 320 Å². The highest BCUT2D eigenvalue weighted by molar-refractivity contribution is 8.00. The number of esters is 1. The molecule has 1 aromatic heterocycles. The van der Waals surface area contributed by atoms with Crippen LogP contribution in [0.25, 0.3) is 0 Å². The Morgan fingerprint density at radius 1 is 1.00 bits per heavy atom. The fourth-order valence-corrected chi connectivity index (χ4v) is 8.46. The van der Waals surface area contributed by atoms with E-state index < -0.39 is 67.9 Å². The van der Waals surface area contributed by atoms with Crippen molar-refractivity contribution in [3.63, 3.8) is 0 Å². The third kappa shape index (κ3) is 9.58. The monoisotopic (exact) mass is 797 g/mol. The van der Waals surface area contributed by atoms with E-state index in [4.69, 9.17) is 18.5 Å². The molecule has 2 fully saturated rings. The first-order valence-electron chi connectivity index (χ1n) is 17.1. The normalized spacial score (nSPS) is 19.2. The lowest BCUT2D eigenvalue weighted by atomic mass is 10.0. The van der Waals surface area contributed by atoms with Crippen LogP contribution >= 0.6 is 23.1 Å². The number of nitrogens with zero attached hydrogens (tertiary/aromatic N) is 3. The average Bonchev–Trinajstić information content (AvgIpc) is 3.80. The molecule has 2 aliphatic heterocycles. The first kappa shape index (κ1) is 38.8. The van der Waals surface area contributed by atoms with Crippen molar-refractivity contribution in [2.75, 3.05) is 11.6 Å².